The predicted octanol–water partition coefficient (Wildman–Crippen LogP) is 2.22. The van der Waals surface area contributed by atoms with Gasteiger partial charge < -0.3 is 5.11 Å². The van der Waals surface area contributed by atoms with Gasteiger partial charge in [-0.15, -0.1) is 11.3 Å². The van der Waals surface area contributed by atoms with E-state index in [1.165, 1.54) is 11.3 Å². The maximum absolute atomic E-state index is 12.5. The summed E-state index contributed by atoms with van der Waals surface area (Å²) in [6.45, 7) is 2.08. The second-order valence-corrected chi connectivity index (χ2v) is 6.53. The van der Waals surface area contributed by atoms with Crippen LogP contribution < -0.4 is 5.56 Å². The van der Waals surface area contributed by atoms with Gasteiger partial charge in [-0.05, 0) is 23.8 Å². The summed E-state index contributed by atoms with van der Waals surface area (Å²) < 4.78 is 2.33. The highest BCUT2D eigenvalue weighted by Gasteiger charge is 2.37. The Hall–Kier alpha value is -1.34. The molecule has 7 heteroatoms. The highest BCUT2D eigenvalue weighted by atomic mass is 32.2. The average Bonchev–Trinajstić information content (AvgIpc) is 2.89. The third kappa shape index (κ3) is 2.28. The number of nitrogens with zero attached hydrogens (tertiary/aromatic N) is 2. The summed E-state index contributed by atoms with van der Waals surface area (Å²) in [7, 11) is 0. The Bertz CT molecular complexity index is 707. The van der Waals surface area contributed by atoms with Crippen molar-refractivity contribution in [1.82, 2.24) is 9.55 Å². The van der Waals surface area contributed by atoms with Crippen LogP contribution in [0.5, 0.6) is 0 Å². The molecule has 0 bridgehead atoms. The minimum atomic E-state index is -0.903. The topological polar surface area (TPSA) is 72.2 Å². The van der Waals surface area contributed by atoms with Crippen LogP contribution in [0.15, 0.2) is 21.4 Å². The van der Waals surface area contributed by atoms with Crippen molar-refractivity contribution in [1.29, 1.82) is 0 Å². The molecule has 5 nitrogen and oxygen atoms in total. The summed E-state index contributed by atoms with van der Waals surface area (Å²) in [5, 5.41) is 11.1. The quantitative estimate of drug-likeness (QED) is 0.692. The molecule has 2 aromatic heterocycles. The second kappa shape index (κ2) is 4.64. The van der Waals surface area contributed by atoms with E-state index >= 15 is 0 Å². The molecule has 0 amide bonds. The lowest BCUT2D eigenvalue weighted by Gasteiger charge is -2.10. The Morgan fingerprint density at radius 3 is 3.05 bits per heavy atom. The van der Waals surface area contributed by atoms with Gasteiger partial charge in [-0.1, -0.05) is 18.7 Å². The van der Waals surface area contributed by atoms with Crippen LogP contribution in [0, 0.1) is 5.92 Å². The van der Waals surface area contributed by atoms with Crippen LogP contribution >= 0.6 is 23.1 Å². The highest BCUT2D eigenvalue weighted by molar-refractivity contribution is 7.99. The van der Waals surface area contributed by atoms with E-state index in [1.807, 2.05) is 5.38 Å². The summed E-state index contributed by atoms with van der Waals surface area (Å²) in [6.07, 6.45) is 0.957. The predicted molar refractivity (Wildman–Crippen MR) is 75.1 cm³/mol. The van der Waals surface area contributed by atoms with E-state index in [4.69, 9.17) is 5.11 Å². The van der Waals surface area contributed by atoms with Gasteiger partial charge in [-0.3, -0.25) is 14.2 Å². The van der Waals surface area contributed by atoms with Gasteiger partial charge in [0.15, 0.2) is 5.16 Å². The SMILES string of the molecule is CC1CC1n1c(SCC(=O)O)nc2ccsc2c1=O. The van der Waals surface area contributed by atoms with Crippen molar-refractivity contribution in [2.45, 2.75) is 24.5 Å². The van der Waals surface area contributed by atoms with E-state index in [-0.39, 0.29) is 17.4 Å². The molecule has 100 valence electrons. The minimum absolute atomic E-state index is 0.0396. The number of hydrogen-bond acceptors (Lipinski definition) is 5. The first-order chi connectivity index (χ1) is 9.08. The van der Waals surface area contributed by atoms with E-state index in [2.05, 4.69) is 11.9 Å². The zero-order chi connectivity index (χ0) is 13.6. The number of carboxylic acid groups (broad SMARTS) is 1. The number of fused-ring (bicyclic) bond motifs is 1. The Morgan fingerprint density at radius 1 is 1.68 bits per heavy atom. The normalized spacial score (nSPS) is 21.7. The Morgan fingerprint density at radius 2 is 2.42 bits per heavy atom. The smallest absolute Gasteiger partial charge is 0.313 e. The zero-order valence-corrected chi connectivity index (χ0v) is 11.8. The number of aromatic nitrogens is 2. The molecule has 1 aliphatic rings. The molecule has 2 aromatic rings. The molecule has 0 aliphatic heterocycles. The van der Waals surface area contributed by atoms with E-state index in [0.717, 1.165) is 18.2 Å². The van der Waals surface area contributed by atoms with Crippen molar-refractivity contribution < 1.29 is 9.90 Å². The fourth-order valence-corrected chi connectivity index (χ4v) is 3.63. The number of thioether (sulfide) groups is 1. The van der Waals surface area contributed by atoms with E-state index in [1.54, 1.807) is 10.6 Å². The molecule has 19 heavy (non-hydrogen) atoms. The van der Waals surface area contributed by atoms with Gasteiger partial charge >= 0.3 is 5.97 Å². The summed E-state index contributed by atoms with van der Waals surface area (Å²) in [6, 6.07) is 1.97. The molecule has 1 saturated carbocycles. The minimum Gasteiger partial charge on any atom is -0.481 e. The molecule has 3 rings (SSSR count). The van der Waals surface area contributed by atoms with Gasteiger partial charge in [0.05, 0.1) is 11.3 Å². The Kier molecular flexibility index (Phi) is 3.10. The highest BCUT2D eigenvalue weighted by Crippen LogP contribution is 2.43. The average molecular weight is 296 g/mol. The van der Waals surface area contributed by atoms with Crippen molar-refractivity contribution in [3.8, 4) is 0 Å². The Labute approximate surface area is 117 Å². The van der Waals surface area contributed by atoms with Crippen LogP contribution in [0.1, 0.15) is 19.4 Å². The Balaban J connectivity index is 2.11. The van der Waals surface area contributed by atoms with E-state index in [9.17, 15) is 9.59 Å². The maximum Gasteiger partial charge on any atom is 0.313 e. The number of aliphatic carboxylic acids is 1. The standard InChI is InChI=1S/C12H12N2O3S2/c1-6-4-8(6)14-11(17)10-7(2-3-18-10)13-12(14)19-5-9(15)16/h2-3,6,8H,4-5H2,1H3,(H,15,16). The third-order valence-electron chi connectivity index (χ3n) is 3.20. The molecule has 2 heterocycles. The molecule has 0 aromatic carbocycles. The zero-order valence-electron chi connectivity index (χ0n) is 10.2. The van der Waals surface area contributed by atoms with Gasteiger partial charge in [0.2, 0.25) is 0 Å². The number of hydrogen-bond donors (Lipinski definition) is 1. The molecule has 0 saturated heterocycles. The van der Waals surface area contributed by atoms with Gasteiger partial charge in [0, 0.05) is 6.04 Å². The molecular weight excluding hydrogens is 284 g/mol. The van der Waals surface area contributed by atoms with Crippen molar-refractivity contribution in [2.75, 3.05) is 5.75 Å². The van der Waals surface area contributed by atoms with Crippen LogP contribution in [0.3, 0.4) is 0 Å². The van der Waals surface area contributed by atoms with Crippen molar-refractivity contribution >= 4 is 39.3 Å². The monoisotopic (exact) mass is 296 g/mol. The van der Waals surface area contributed by atoms with Crippen molar-refractivity contribution in [3.63, 3.8) is 0 Å². The number of thiophene rings is 1. The van der Waals surface area contributed by atoms with Gasteiger partial charge in [0.25, 0.3) is 5.56 Å². The summed E-state index contributed by atoms with van der Waals surface area (Å²) >= 11 is 2.50. The fourth-order valence-electron chi connectivity index (χ4n) is 2.09. The molecular formula is C12H12N2O3S2. The molecule has 0 radical (unpaired) electrons. The maximum atomic E-state index is 12.5. The lowest BCUT2D eigenvalue weighted by atomic mass is 10.4. The van der Waals surface area contributed by atoms with Crippen molar-refractivity contribution in [3.05, 3.63) is 21.8 Å². The number of carbonyl (C=O) groups is 1. The van der Waals surface area contributed by atoms with Crippen LogP contribution in [-0.4, -0.2) is 26.4 Å². The fraction of sp³-hybridized carbons (Fsp3) is 0.417. The third-order valence-corrected chi connectivity index (χ3v) is 5.03. The van der Waals surface area contributed by atoms with Gasteiger partial charge in [0.1, 0.15) is 4.70 Å². The second-order valence-electron chi connectivity index (χ2n) is 4.67. The van der Waals surface area contributed by atoms with Crippen LogP contribution in [0.25, 0.3) is 10.2 Å². The number of carboxylic acids is 1. The first kappa shape index (κ1) is 12.7. The summed E-state index contributed by atoms with van der Waals surface area (Å²) in [5.41, 5.74) is 0.620. The largest absolute Gasteiger partial charge is 0.481 e. The van der Waals surface area contributed by atoms with E-state index in [0.29, 0.717) is 21.3 Å². The molecule has 1 aliphatic carbocycles. The molecule has 2 unspecified atom stereocenters. The van der Waals surface area contributed by atoms with Crippen LogP contribution in [0.2, 0.25) is 0 Å². The van der Waals surface area contributed by atoms with Gasteiger partial charge in [-0.25, -0.2) is 4.98 Å². The van der Waals surface area contributed by atoms with Crippen LogP contribution in [-0.2, 0) is 4.79 Å². The molecule has 2 atom stereocenters. The number of rotatable bonds is 4. The molecule has 1 N–H and O–H groups in total. The van der Waals surface area contributed by atoms with Crippen molar-refractivity contribution in [2.24, 2.45) is 5.92 Å². The summed E-state index contributed by atoms with van der Waals surface area (Å²) in [4.78, 5) is 27.6. The lowest BCUT2D eigenvalue weighted by Crippen LogP contribution is -2.22. The first-order valence-electron chi connectivity index (χ1n) is 5.92. The molecule has 1 fully saturated rings. The van der Waals surface area contributed by atoms with Crippen LogP contribution in [0.4, 0.5) is 0 Å². The summed E-state index contributed by atoms with van der Waals surface area (Å²) in [5.74, 6) is -0.524. The lowest BCUT2D eigenvalue weighted by molar-refractivity contribution is -0.133. The van der Waals surface area contributed by atoms with Gasteiger partial charge in [-0.2, -0.15) is 0 Å². The van der Waals surface area contributed by atoms with E-state index < -0.39 is 5.97 Å². The molecule has 0 spiro atoms. The first-order valence-corrected chi connectivity index (χ1v) is 7.79.